The van der Waals surface area contributed by atoms with Crippen molar-refractivity contribution in [3.8, 4) is 0 Å². The summed E-state index contributed by atoms with van der Waals surface area (Å²) in [5.74, 6) is 0.169. The summed E-state index contributed by atoms with van der Waals surface area (Å²) >= 11 is 0. The van der Waals surface area contributed by atoms with E-state index in [0.717, 1.165) is 32.2 Å². The lowest BCUT2D eigenvalue weighted by atomic mass is 9.71. The summed E-state index contributed by atoms with van der Waals surface area (Å²) in [5, 5.41) is 6.53. The van der Waals surface area contributed by atoms with Gasteiger partial charge in [0.15, 0.2) is 0 Å². The third-order valence-electron chi connectivity index (χ3n) is 4.82. The van der Waals surface area contributed by atoms with Crippen LogP contribution >= 0.6 is 0 Å². The van der Waals surface area contributed by atoms with Crippen molar-refractivity contribution in [2.24, 2.45) is 0 Å². The van der Waals surface area contributed by atoms with Crippen LogP contribution in [-0.2, 0) is 10.2 Å². The zero-order valence-electron chi connectivity index (χ0n) is 12.4. The summed E-state index contributed by atoms with van der Waals surface area (Å²) in [6, 6.07) is 8.74. The summed E-state index contributed by atoms with van der Waals surface area (Å²) in [7, 11) is 0. The average Bonchev–Trinajstić information content (AvgIpc) is 2.96. The van der Waals surface area contributed by atoms with E-state index in [-0.39, 0.29) is 23.4 Å². The van der Waals surface area contributed by atoms with Crippen LogP contribution < -0.4 is 10.6 Å². The Balaban J connectivity index is 1.79. The third-order valence-corrected chi connectivity index (χ3v) is 4.82. The molecule has 3 nitrogen and oxygen atoms in total. The zero-order chi connectivity index (χ0) is 14.2. The van der Waals surface area contributed by atoms with Crippen molar-refractivity contribution >= 4 is 5.91 Å². The largest absolute Gasteiger partial charge is 0.348 e. The van der Waals surface area contributed by atoms with Gasteiger partial charge in [0, 0.05) is 0 Å². The van der Waals surface area contributed by atoms with Gasteiger partial charge < -0.3 is 10.6 Å². The van der Waals surface area contributed by atoms with Gasteiger partial charge in [-0.2, -0.15) is 0 Å². The second-order valence-electron chi connectivity index (χ2n) is 6.72. The van der Waals surface area contributed by atoms with Gasteiger partial charge in [-0.1, -0.05) is 38.1 Å². The first-order chi connectivity index (χ1) is 9.58. The van der Waals surface area contributed by atoms with Crippen LogP contribution in [0.3, 0.4) is 0 Å². The van der Waals surface area contributed by atoms with Gasteiger partial charge in [-0.15, -0.1) is 0 Å². The molecule has 3 heteroatoms. The number of carbonyl (C=O) groups is 1. The fourth-order valence-corrected chi connectivity index (χ4v) is 3.54. The van der Waals surface area contributed by atoms with Crippen molar-refractivity contribution in [2.75, 3.05) is 6.54 Å². The minimum Gasteiger partial charge on any atom is -0.348 e. The Morgan fingerprint density at radius 2 is 2.10 bits per heavy atom. The molecule has 3 rings (SSSR count). The summed E-state index contributed by atoms with van der Waals surface area (Å²) in [5.41, 5.74) is 2.90. The van der Waals surface area contributed by atoms with E-state index < -0.39 is 0 Å². The van der Waals surface area contributed by atoms with E-state index in [1.807, 2.05) is 0 Å². The number of nitrogens with one attached hydrogen (secondary N) is 2. The second-order valence-corrected chi connectivity index (χ2v) is 6.72. The Morgan fingerprint density at radius 3 is 2.85 bits per heavy atom. The Morgan fingerprint density at radius 1 is 1.30 bits per heavy atom. The molecule has 1 saturated heterocycles. The molecule has 0 saturated carbocycles. The van der Waals surface area contributed by atoms with E-state index in [2.05, 4.69) is 48.7 Å². The van der Waals surface area contributed by atoms with E-state index in [0.29, 0.717) is 0 Å². The molecule has 0 spiro atoms. The molecular formula is C17H24N2O. The maximum atomic E-state index is 12.3. The van der Waals surface area contributed by atoms with Crippen LogP contribution in [0.15, 0.2) is 24.3 Å². The highest BCUT2D eigenvalue weighted by Gasteiger charge is 2.34. The first-order valence-electron chi connectivity index (χ1n) is 7.71. The number of benzene rings is 1. The van der Waals surface area contributed by atoms with Crippen molar-refractivity contribution in [2.45, 2.75) is 57.0 Å². The fraction of sp³-hybridized carbons (Fsp3) is 0.588. The first-order valence-corrected chi connectivity index (χ1v) is 7.71. The van der Waals surface area contributed by atoms with E-state index in [4.69, 9.17) is 0 Å². The number of rotatable bonds is 2. The van der Waals surface area contributed by atoms with Crippen LogP contribution in [0.5, 0.6) is 0 Å². The van der Waals surface area contributed by atoms with Crippen LogP contribution in [0.2, 0.25) is 0 Å². The smallest absolute Gasteiger partial charge is 0.237 e. The normalized spacial score (nSPS) is 27.9. The maximum Gasteiger partial charge on any atom is 0.237 e. The third kappa shape index (κ3) is 2.47. The quantitative estimate of drug-likeness (QED) is 0.869. The summed E-state index contributed by atoms with van der Waals surface area (Å²) < 4.78 is 0. The highest BCUT2D eigenvalue weighted by Crippen LogP contribution is 2.41. The Labute approximate surface area is 121 Å². The van der Waals surface area contributed by atoms with Crippen molar-refractivity contribution in [3.63, 3.8) is 0 Å². The number of fused-ring (bicyclic) bond motifs is 1. The van der Waals surface area contributed by atoms with Gasteiger partial charge in [0.1, 0.15) is 0 Å². The van der Waals surface area contributed by atoms with Crippen LogP contribution in [0.4, 0.5) is 0 Å². The predicted molar refractivity (Wildman–Crippen MR) is 80.6 cm³/mol. The molecule has 1 aliphatic heterocycles. The van der Waals surface area contributed by atoms with Gasteiger partial charge in [-0.25, -0.2) is 0 Å². The average molecular weight is 272 g/mol. The van der Waals surface area contributed by atoms with E-state index >= 15 is 0 Å². The van der Waals surface area contributed by atoms with Gasteiger partial charge in [0.05, 0.1) is 12.1 Å². The van der Waals surface area contributed by atoms with Crippen LogP contribution in [0, 0.1) is 0 Å². The van der Waals surface area contributed by atoms with Gasteiger partial charge in [-0.05, 0) is 48.8 Å². The van der Waals surface area contributed by atoms with Crippen molar-refractivity contribution in [1.82, 2.24) is 10.6 Å². The molecule has 2 atom stereocenters. The molecule has 1 aliphatic carbocycles. The van der Waals surface area contributed by atoms with Crippen molar-refractivity contribution in [1.29, 1.82) is 0 Å². The summed E-state index contributed by atoms with van der Waals surface area (Å²) in [4.78, 5) is 12.3. The van der Waals surface area contributed by atoms with Crippen molar-refractivity contribution < 1.29 is 4.79 Å². The Hall–Kier alpha value is -1.35. The Kier molecular flexibility index (Phi) is 3.55. The first kappa shape index (κ1) is 13.6. The number of amides is 1. The maximum absolute atomic E-state index is 12.3. The fourth-order valence-electron chi connectivity index (χ4n) is 3.54. The second kappa shape index (κ2) is 5.21. The summed E-state index contributed by atoms with van der Waals surface area (Å²) in [6.45, 7) is 5.55. The molecule has 2 N–H and O–H groups in total. The molecule has 1 aromatic carbocycles. The molecule has 0 aromatic heterocycles. The standard InChI is InChI=1S/C17H24N2O/c1-17(2)10-9-14(12-6-3-4-7-13(12)17)19-16(20)15-8-5-11-18-15/h3-4,6-7,14-15,18H,5,8-11H2,1-2H3,(H,19,20). The SMILES string of the molecule is CC1(C)CCC(NC(=O)C2CCCN2)c2ccccc21. The molecule has 2 unspecified atom stereocenters. The van der Waals surface area contributed by atoms with Crippen LogP contribution in [0.25, 0.3) is 0 Å². The topological polar surface area (TPSA) is 41.1 Å². The minimum atomic E-state index is 0.0112. The predicted octanol–water partition coefficient (Wildman–Crippen LogP) is 2.67. The Bertz CT molecular complexity index is 503. The molecule has 1 aromatic rings. The van der Waals surface area contributed by atoms with Gasteiger partial charge >= 0.3 is 0 Å². The lowest BCUT2D eigenvalue weighted by Gasteiger charge is -2.37. The monoisotopic (exact) mass is 272 g/mol. The molecule has 20 heavy (non-hydrogen) atoms. The van der Waals surface area contributed by atoms with Gasteiger partial charge in [0.2, 0.25) is 5.91 Å². The zero-order valence-corrected chi connectivity index (χ0v) is 12.4. The van der Waals surface area contributed by atoms with Gasteiger partial charge in [-0.3, -0.25) is 4.79 Å². The van der Waals surface area contributed by atoms with Crippen LogP contribution in [0.1, 0.15) is 56.7 Å². The van der Waals surface area contributed by atoms with E-state index in [1.165, 1.54) is 11.1 Å². The highest BCUT2D eigenvalue weighted by atomic mass is 16.2. The van der Waals surface area contributed by atoms with E-state index in [1.54, 1.807) is 0 Å². The molecule has 1 fully saturated rings. The molecule has 108 valence electrons. The lowest BCUT2D eigenvalue weighted by molar-refractivity contribution is -0.123. The molecule has 0 bridgehead atoms. The minimum absolute atomic E-state index is 0.0112. The number of hydrogen-bond acceptors (Lipinski definition) is 2. The van der Waals surface area contributed by atoms with Crippen molar-refractivity contribution in [3.05, 3.63) is 35.4 Å². The van der Waals surface area contributed by atoms with Gasteiger partial charge in [0.25, 0.3) is 0 Å². The molecule has 1 heterocycles. The molecule has 1 amide bonds. The number of carbonyl (C=O) groups excluding carboxylic acids is 1. The van der Waals surface area contributed by atoms with E-state index in [9.17, 15) is 4.79 Å². The molecular weight excluding hydrogens is 248 g/mol. The highest BCUT2D eigenvalue weighted by molar-refractivity contribution is 5.82. The molecule has 0 radical (unpaired) electrons. The summed E-state index contributed by atoms with van der Waals surface area (Å²) in [6.07, 6.45) is 4.22. The van der Waals surface area contributed by atoms with Crippen LogP contribution in [-0.4, -0.2) is 18.5 Å². The molecule has 2 aliphatic rings. The number of hydrogen-bond donors (Lipinski definition) is 2. The lowest BCUT2D eigenvalue weighted by Crippen LogP contribution is -2.44.